The SMILES string of the molecule is CCOC(=O)CNC1CC2CCC1(C)C2(C)C. The van der Waals surface area contributed by atoms with Crippen LogP contribution in [0.15, 0.2) is 0 Å². The number of nitrogens with one attached hydrogen (secondary N) is 1. The van der Waals surface area contributed by atoms with Crippen LogP contribution in [-0.4, -0.2) is 25.2 Å². The van der Waals surface area contributed by atoms with Crippen molar-refractivity contribution in [2.45, 2.75) is 53.0 Å². The van der Waals surface area contributed by atoms with Gasteiger partial charge in [0.15, 0.2) is 0 Å². The molecule has 1 N–H and O–H groups in total. The highest BCUT2D eigenvalue weighted by molar-refractivity contribution is 5.71. The molecular weight excluding hydrogens is 214 g/mol. The Kier molecular flexibility index (Phi) is 3.23. The summed E-state index contributed by atoms with van der Waals surface area (Å²) < 4.78 is 4.97. The molecule has 3 nitrogen and oxygen atoms in total. The third kappa shape index (κ3) is 1.88. The lowest BCUT2D eigenvalue weighted by Crippen LogP contribution is -2.46. The Morgan fingerprint density at radius 2 is 2.12 bits per heavy atom. The van der Waals surface area contributed by atoms with Gasteiger partial charge in [0.1, 0.15) is 0 Å². The van der Waals surface area contributed by atoms with Crippen LogP contribution in [0.2, 0.25) is 0 Å². The van der Waals surface area contributed by atoms with E-state index in [9.17, 15) is 4.79 Å². The van der Waals surface area contributed by atoms with Crippen LogP contribution in [0.25, 0.3) is 0 Å². The van der Waals surface area contributed by atoms with Gasteiger partial charge in [-0.3, -0.25) is 4.79 Å². The van der Waals surface area contributed by atoms with Crippen LogP contribution in [0.4, 0.5) is 0 Å². The lowest BCUT2D eigenvalue weighted by Gasteiger charge is -2.39. The van der Waals surface area contributed by atoms with Gasteiger partial charge in [-0.1, -0.05) is 20.8 Å². The molecule has 0 heterocycles. The van der Waals surface area contributed by atoms with Crippen LogP contribution >= 0.6 is 0 Å². The molecule has 3 atom stereocenters. The van der Waals surface area contributed by atoms with Crippen LogP contribution in [-0.2, 0) is 9.53 Å². The minimum absolute atomic E-state index is 0.128. The molecule has 2 aliphatic rings. The quantitative estimate of drug-likeness (QED) is 0.765. The predicted octanol–water partition coefficient (Wildman–Crippen LogP) is 2.35. The van der Waals surface area contributed by atoms with Crippen LogP contribution in [0, 0.1) is 16.7 Å². The maximum absolute atomic E-state index is 11.4. The third-order valence-electron chi connectivity index (χ3n) is 5.59. The number of carbonyl (C=O) groups is 1. The summed E-state index contributed by atoms with van der Waals surface area (Å²) >= 11 is 0. The van der Waals surface area contributed by atoms with E-state index in [1.165, 1.54) is 19.3 Å². The van der Waals surface area contributed by atoms with Crippen molar-refractivity contribution in [2.75, 3.05) is 13.2 Å². The van der Waals surface area contributed by atoms with Gasteiger partial charge in [0.2, 0.25) is 0 Å². The average molecular weight is 239 g/mol. The Labute approximate surface area is 104 Å². The molecule has 0 aromatic heterocycles. The smallest absolute Gasteiger partial charge is 0.319 e. The summed E-state index contributed by atoms with van der Waals surface area (Å²) in [7, 11) is 0. The second-order valence-electron chi connectivity index (χ2n) is 6.35. The summed E-state index contributed by atoms with van der Waals surface area (Å²) in [6.45, 7) is 9.82. The Bertz CT molecular complexity index is 313. The Morgan fingerprint density at radius 3 is 2.59 bits per heavy atom. The van der Waals surface area contributed by atoms with Gasteiger partial charge in [-0.25, -0.2) is 0 Å². The molecule has 0 aromatic carbocycles. The lowest BCUT2D eigenvalue weighted by atomic mass is 9.69. The van der Waals surface area contributed by atoms with Crippen molar-refractivity contribution in [3.63, 3.8) is 0 Å². The Balaban J connectivity index is 1.94. The molecule has 2 saturated carbocycles. The molecule has 0 aromatic rings. The fraction of sp³-hybridized carbons (Fsp3) is 0.929. The highest BCUT2D eigenvalue weighted by atomic mass is 16.5. The summed E-state index contributed by atoms with van der Waals surface area (Å²) in [4.78, 5) is 11.4. The van der Waals surface area contributed by atoms with E-state index in [1.807, 2.05) is 6.92 Å². The third-order valence-corrected chi connectivity index (χ3v) is 5.59. The van der Waals surface area contributed by atoms with Gasteiger partial charge in [-0.15, -0.1) is 0 Å². The zero-order valence-electron chi connectivity index (χ0n) is 11.5. The number of hydrogen-bond acceptors (Lipinski definition) is 3. The molecule has 17 heavy (non-hydrogen) atoms. The standard InChI is InChI=1S/C14H25NO2/c1-5-17-12(16)9-15-11-8-10-6-7-14(11,4)13(10,2)3/h10-11,15H,5-9H2,1-4H3. The molecular formula is C14H25NO2. The van der Waals surface area contributed by atoms with Crippen molar-refractivity contribution in [2.24, 2.45) is 16.7 Å². The second kappa shape index (κ2) is 4.27. The van der Waals surface area contributed by atoms with Crippen molar-refractivity contribution in [3.05, 3.63) is 0 Å². The molecule has 3 unspecified atom stereocenters. The molecule has 98 valence electrons. The second-order valence-corrected chi connectivity index (χ2v) is 6.35. The highest BCUT2D eigenvalue weighted by Gasteiger charge is 2.61. The van der Waals surface area contributed by atoms with Crippen molar-refractivity contribution in [3.8, 4) is 0 Å². The summed E-state index contributed by atoms with van der Waals surface area (Å²) in [5.41, 5.74) is 0.740. The predicted molar refractivity (Wildman–Crippen MR) is 67.7 cm³/mol. The summed E-state index contributed by atoms with van der Waals surface area (Å²) in [6.07, 6.45) is 3.84. The maximum Gasteiger partial charge on any atom is 0.319 e. The van der Waals surface area contributed by atoms with E-state index in [-0.39, 0.29) is 5.97 Å². The highest BCUT2D eigenvalue weighted by Crippen LogP contribution is 2.65. The van der Waals surface area contributed by atoms with Gasteiger partial charge in [0.25, 0.3) is 0 Å². The number of hydrogen-bond donors (Lipinski definition) is 1. The van der Waals surface area contributed by atoms with Crippen LogP contribution < -0.4 is 5.32 Å². The van der Waals surface area contributed by atoms with Gasteiger partial charge >= 0.3 is 5.97 Å². The van der Waals surface area contributed by atoms with Gasteiger partial charge in [0, 0.05) is 6.04 Å². The molecule has 2 aliphatic carbocycles. The van der Waals surface area contributed by atoms with Gasteiger partial charge in [0.05, 0.1) is 13.2 Å². The van der Waals surface area contributed by atoms with Crippen LogP contribution in [0.3, 0.4) is 0 Å². The van der Waals surface area contributed by atoms with E-state index in [2.05, 4.69) is 26.1 Å². The van der Waals surface area contributed by atoms with E-state index in [0.717, 1.165) is 5.92 Å². The molecule has 2 fully saturated rings. The molecule has 2 bridgehead atoms. The fourth-order valence-corrected chi connectivity index (χ4v) is 3.93. The first-order valence-electron chi connectivity index (χ1n) is 6.81. The van der Waals surface area contributed by atoms with Gasteiger partial charge in [-0.2, -0.15) is 0 Å². The first kappa shape index (κ1) is 12.9. The summed E-state index contributed by atoms with van der Waals surface area (Å²) in [5.74, 6) is 0.684. The number of ether oxygens (including phenoxy) is 1. The molecule has 0 radical (unpaired) electrons. The minimum Gasteiger partial charge on any atom is -0.465 e. The number of fused-ring (bicyclic) bond motifs is 2. The monoisotopic (exact) mass is 239 g/mol. The van der Waals surface area contributed by atoms with Gasteiger partial charge in [-0.05, 0) is 42.9 Å². The molecule has 0 aliphatic heterocycles. The summed E-state index contributed by atoms with van der Waals surface area (Å²) in [6, 6.07) is 0.473. The average Bonchev–Trinajstić information content (AvgIpc) is 2.59. The van der Waals surface area contributed by atoms with E-state index in [4.69, 9.17) is 4.74 Å². The van der Waals surface area contributed by atoms with Gasteiger partial charge < -0.3 is 10.1 Å². The van der Waals surface area contributed by atoms with Crippen LogP contribution in [0.5, 0.6) is 0 Å². The zero-order valence-corrected chi connectivity index (χ0v) is 11.5. The molecule has 0 amide bonds. The van der Waals surface area contributed by atoms with Crippen molar-refractivity contribution >= 4 is 5.97 Å². The van der Waals surface area contributed by atoms with E-state index < -0.39 is 0 Å². The first-order chi connectivity index (χ1) is 7.91. The Morgan fingerprint density at radius 1 is 1.41 bits per heavy atom. The lowest BCUT2D eigenvalue weighted by molar-refractivity contribution is -0.142. The fourth-order valence-electron chi connectivity index (χ4n) is 3.93. The van der Waals surface area contributed by atoms with Crippen molar-refractivity contribution < 1.29 is 9.53 Å². The number of esters is 1. The number of rotatable bonds is 4. The largest absolute Gasteiger partial charge is 0.465 e. The molecule has 0 spiro atoms. The van der Waals surface area contributed by atoms with Crippen molar-refractivity contribution in [1.82, 2.24) is 5.32 Å². The molecule has 0 saturated heterocycles. The molecule has 3 heteroatoms. The topological polar surface area (TPSA) is 38.3 Å². The first-order valence-corrected chi connectivity index (χ1v) is 6.81. The van der Waals surface area contributed by atoms with E-state index >= 15 is 0 Å². The van der Waals surface area contributed by atoms with Crippen LogP contribution in [0.1, 0.15) is 47.0 Å². The maximum atomic E-state index is 11.4. The van der Waals surface area contributed by atoms with E-state index in [0.29, 0.717) is 30.0 Å². The Hall–Kier alpha value is -0.570. The van der Waals surface area contributed by atoms with Crippen molar-refractivity contribution in [1.29, 1.82) is 0 Å². The minimum atomic E-state index is -0.128. The van der Waals surface area contributed by atoms with E-state index in [1.54, 1.807) is 0 Å². The normalized spacial score (nSPS) is 38.4. The molecule has 2 rings (SSSR count). The number of carbonyl (C=O) groups excluding carboxylic acids is 1. The summed E-state index contributed by atoms with van der Waals surface area (Å²) in [5, 5.41) is 3.42. The zero-order chi connectivity index (χ0) is 12.7.